The van der Waals surface area contributed by atoms with Gasteiger partial charge in [-0.15, -0.1) is 0 Å². The summed E-state index contributed by atoms with van der Waals surface area (Å²) in [5.41, 5.74) is 6.81. The average molecular weight is 367 g/mol. The monoisotopic (exact) mass is 366 g/mol. The molecule has 0 aromatic heterocycles. The summed E-state index contributed by atoms with van der Waals surface area (Å²) in [5.74, 6) is -0.179. The molecule has 0 aliphatic rings. The maximum Gasteiger partial charge on any atom is 0.259 e. The summed E-state index contributed by atoms with van der Waals surface area (Å²) in [5, 5.41) is 7.13. The number of nitrogens with zero attached hydrogens (tertiary/aromatic N) is 2. The van der Waals surface area contributed by atoms with Crippen LogP contribution in [0.25, 0.3) is 0 Å². The lowest BCUT2D eigenvalue weighted by atomic mass is 10.2. The Morgan fingerprint density at radius 3 is 2.41 bits per heavy atom. The molecule has 144 valence electrons. The van der Waals surface area contributed by atoms with E-state index in [1.807, 2.05) is 43.3 Å². The highest BCUT2D eigenvalue weighted by atomic mass is 16.2. The van der Waals surface area contributed by atoms with Crippen LogP contribution in [-0.2, 0) is 4.79 Å². The number of carbonyl (C=O) groups excluding carboxylic acids is 1. The van der Waals surface area contributed by atoms with Gasteiger partial charge in [-0.05, 0) is 55.2 Å². The topological polar surface area (TPSA) is 56.7 Å². The Bertz CT molecular complexity index is 734. The molecule has 5 heteroatoms. The van der Waals surface area contributed by atoms with E-state index in [4.69, 9.17) is 0 Å². The number of hydrazone groups is 1. The van der Waals surface area contributed by atoms with Crippen molar-refractivity contribution in [2.24, 2.45) is 5.10 Å². The molecular weight excluding hydrogens is 336 g/mol. The molecule has 0 saturated heterocycles. The number of hydrogen-bond donors (Lipinski definition) is 2. The van der Waals surface area contributed by atoms with Gasteiger partial charge in [0.2, 0.25) is 0 Å². The van der Waals surface area contributed by atoms with Crippen LogP contribution in [0.15, 0.2) is 53.6 Å². The minimum atomic E-state index is -0.179. The molecule has 2 N–H and O–H groups in total. The highest BCUT2D eigenvalue weighted by molar-refractivity contribution is 5.84. The Morgan fingerprint density at radius 2 is 1.78 bits per heavy atom. The third kappa shape index (κ3) is 7.13. The summed E-state index contributed by atoms with van der Waals surface area (Å²) in [6.45, 7) is 8.71. The molecule has 0 unspecified atom stereocenters. The molecule has 0 heterocycles. The summed E-state index contributed by atoms with van der Waals surface area (Å²) in [6.07, 6.45) is 3.93. The zero-order chi connectivity index (χ0) is 19.5. The van der Waals surface area contributed by atoms with Crippen molar-refractivity contribution < 1.29 is 4.79 Å². The normalized spacial score (nSPS) is 10.8. The van der Waals surface area contributed by atoms with Crippen molar-refractivity contribution in [1.29, 1.82) is 0 Å². The fraction of sp³-hybridized carbons (Fsp3) is 0.364. The van der Waals surface area contributed by atoms with Gasteiger partial charge in [0.25, 0.3) is 5.91 Å². The van der Waals surface area contributed by atoms with Gasteiger partial charge in [0.05, 0.1) is 12.8 Å². The van der Waals surface area contributed by atoms with Crippen molar-refractivity contribution in [2.75, 3.05) is 29.9 Å². The quantitative estimate of drug-likeness (QED) is 0.490. The molecule has 0 saturated carbocycles. The smallest absolute Gasteiger partial charge is 0.259 e. The fourth-order valence-electron chi connectivity index (χ4n) is 2.84. The Balaban J connectivity index is 1.82. The zero-order valence-corrected chi connectivity index (χ0v) is 16.5. The highest BCUT2D eigenvalue weighted by Gasteiger charge is 2.04. The Kier molecular flexibility index (Phi) is 8.36. The van der Waals surface area contributed by atoms with Crippen molar-refractivity contribution >= 4 is 23.5 Å². The zero-order valence-electron chi connectivity index (χ0n) is 16.5. The lowest BCUT2D eigenvalue weighted by Gasteiger charge is -2.23. The van der Waals surface area contributed by atoms with Gasteiger partial charge in [-0.3, -0.25) is 4.79 Å². The van der Waals surface area contributed by atoms with Crippen LogP contribution in [0.5, 0.6) is 0 Å². The highest BCUT2D eigenvalue weighted by Crippen LogP contribution is 2.15. The summed E-state index contributed by atoms with van der Waals surface area (Å²) in [7, 11) is 0. The van der Waals surface area contributed by atoms with Crippen LogP contribution in [0.1, 0.15) is 37.8 Å². The molecule has 0 aliphatic carbocycles. The number of nitrogens with one attached hydrogen (secondary N) is 2. The summed E-state index contributed by atoms with van der Waals surface area (Å²) < 4.78 is 0. The number of rotatable bonds is 10. The van der Waals surface area contributed by atoms with Crippen molar-refractivity contribution in [2.45, 2.75) is 33.6 Å². The van der Waals surface area contributed by atoms with E-state index in [1.54, 1.807) is 6.21 Å². The van der Waals surface area contributed by atoms with E-state index in [-0.39, 0.29) is 12.5 Å². The minimum Gasteiger partial charge on any atom is -0.376 e. The van der Waals surface area contributed by atoms with E-state index in [2.05, 4.69) is 46.7 Å². The number of aryl methyl sites for hydroxylation is 1. The fourth-order valence-corrected chi connectivity index (χ4v) is 2.84. The molecule has 2 rings (SSSR count). The standard InChI is InChI=1S/C22H30N4O/c1-4-13-26(14-5-2)21-11-9-19(10-12-21)16-24-25-22(27)17-23-20-8-6-7-18(3)15-20/h6-12,15-16,23H,4-5,13-14,17H2,1-3H3,(H,25,27). The molecule has 0 radical (unpaired) electrons. The first kappa shape index (κ1) is 20.5. The third-order valence-electron chi connectivity index (χ3n) is 4.12. The first-order valence-corrected chi connectivity index (χ1v) is 9.59. The van der Waals surface area contributed by atoms with Crippen LogP contribution in [0.4, 0.5) is 11.4 Å². The SMILES string of the molecule is CCCN(CCC)c1ccc(C=NNC(=O)CNc2cccc(C)c2)cc1. The van der Waals surface area contributed by atoms with E-state index in [1.165, 1.54) is 5.69 Å². The largest absolute Gasteiger partial charge is 0.376 e. The maximum atomic E-state index is 11.9. The van der Waals surface area contributed by atoms with Crippen LogP contribution in [0, 0.1) is 6.92 Å². The van der Waals surface area contributed by atoms with E-state index in [9.17, 15) is 4.79 Å². The van der Waals surface area contributed by atoms with Crippen molar-refractivity contribution in [3.05, 3.63) is 59.7 Å². The van der Waals surface area contributed by atoms with Gasteiger partial charge < -0.3 is 10.2 Å². The number of benzene rings is 2. The van der Waals surface area contributed by atoms with Crippen LogP contribution in [-0.4, -0.2) is 31.8 Å². The van der Waals surface area contributed by atoms with Crippen molar-refractivity contribution in [3.63, 3.8) is 0 Å². The molecular formula is C22H30N4O. The molecule has 0 aliphatic heterocycles. The molecule has 0 bridgehead atoms. The van der Waals surface area contributed by atoms with E-state index < -0.39 is 0 Å². The Labute approximate surface area is 162 Å². The van der Waals surface area contributed by atoms with Crippen LogP contribution < -0.4 is 15.6 Å². The van der Waals surface area contributed by atoms with Crippen molar-refractivity contribution in [1.82, 2.24) is 5.43 Å². The lowest BCUT2D eigenvalue weighted by Crippen LogP contribution is -2.26. The van der Waals surface area contributed by atoms with Gasteiger partial charge >= 0.3 is 0 Å². The lowest BCUT2D eigenvalue weighted by molar-refractivity contribution is -0.119. The third-order valence-corrected chi connectivity index (χ3v) is 4.12. The molecule has 5 nitrogen and oxygen atoms in total. The van der Waals surface area contributed by atoms with E-state index in [0.29, 0.717) is 0 Å². The van der Waals surface area contributed by atoms with Gasteiger partial charge in [0.15, 0.2) is 0 Å². The van der Waals surface area contributed by atoms with Crippen molar-refractivity contribution in [3.8, 4) is 0 Å². The number of hydrogen-bond acceptors (Lipinski definition) is 4. The maximum absolute atomic E-state index is 11.9. The summed E-state index contributed by atoms with van der Waals surface area (Å²) >= 11 is 0. The molecule has 0 fully saturated rings. The predicted octanol–water partition coefficient (Wildman–Crippen LogP) is 4.18. The molecule has 2 aromatic carbocycles. The second-order valence-electron chi connectivity index (χ2n) is 6.59. The molecule has 27 heavy (non-hydrogen) atoms. The predicted molar refractivity (Wildman–Crippen MR) is 115 cm³/mol. The van der Waals surface area contributed by atoms with Gasteiger partial charge in [0.1, 0.15) is 0 Å². The van der Waals surface area contributed by atoms with Crippen LogP contribution >= 0.6 is 0 Å². The second-order valence-corrected chi connectivity index (χ2v) is 6.59. The van der Waals surface area contributed by atoms with E-state index >= 15 is 0 Å². The molecule has 0 atom stereocenters. The molecule has 0 spiro atoms. The molecule has 2 aromatic rings. The Hall–Kier alpha value is -2.82. The first-order valence-electron chi connectivity index (χ1n) is 9.59. The second kappa shape index (κ2) is 11.0. The average Bonchev–Trinajstić information content (AvgIpc) is 2.67. The number of anilines is 2. The van der Waals surface area contributed by atoms with Crippen LogP contribution in [0.2, 0.25) is 0 Å². The first-order chi connectivity index (χ1) is 13.1. The number of carbonyl (C=O) groups is 1. The van der Waals surface area contributed by atoms with Gasteiger partial charge in [-0.1, -0.05) is 38.1 Å². The van der Waals surface area contributed by atoms with Crippen LogP contribution in [0.3, 0.4) is 0 Å². The molecule has 1 amide bonds. The Morgan fingerprint density at radius 1 is 1.07 bits per heavy atom. The summed E-state index contributed by atoms with van der Waals surface area (Å²) in [6, 6.07) is 16.2. The van der Waals surface area contributed by atoms with Gasteiger partial charge in [-0.25, -0.2) is 5.43 Å². The summed E-state index contributed by atoms with van der Waals surface area (Å²) in [4.78, 5) is 14.3. The number of amides is 1. The van der Waals surface area contributed by atoms with Gasteiger partial charge in [-0.2, -0.15) is 5.10 Å². The van der Waals surface area contributed by atoms with E-state index in [0.717, 1.165) is 42.7 Å². The van der Waals surface area contributed by atoms with Gasteiger partial charge in [0, 0.05) is 24.5 Å². The minimum absolute atomic E-state index is 0.179.